The van der Waals surface area contributed by atoms with Crippen LogP contribution in [0.2, 0.25) is 0 Å². The average molecular weight is 242 g/mol. The minimum absolute atomic E-state index is 0.293. The lowest BCUT2D eigenvalue weighted by molar-refractivity contribution is 0.563. The molecule has 0 spiro atoms. The number of hydrazine groups is 1. The van der Waals surface area contributed by atoms with E-state index in [0.29, 0.717) is 22.7 Å². The van der Waals surface area contributed by atoms with E-state index in [9.17, 15) is 4.79 Å². The molecule has 0 atom stereocenters. The first kappa shape index (κ1) is 10.5. The number of H-pyrrole nitrogens is 1. The molecular weight excluding hydrogens is 232 g/mol. The molecule has 2 aromatic heterocycles. The molecule has 0 aliphatic carbocycles. The number of benzene rings is 1. The molecule has 1 aromatic carbocycles. The quantitative estimate of drug-likeness (QED) is 0.359. The summed E-state index contributed by atoms with van der Waals surface area (Å²) < 4.78 is 5.25. The fraction of sp³-hybridized carbons (Fsp3) is 0. The average Bonchev–Trinajstić information content (AvgIpc) is 2.90. The van der Waals surface area contributed by atoms with Crippen LogP contribution in [0.4, 0.5) is 5.69 Å². The van der Waals surface area contributed by atoms with Gasteiger partial charge >= 0.3 is 5.63 Å². The number of nitrogen functional groups attached to an aromatic ring is 1. The van der Waals surface area contributed by atoms with Gasteiger partial charge in [-0.15, -0.1) is 0 Å². The summed E-state index contributed by atoms with van der Waals surface area (Å²) in [6.07, 6.45) is 3.19. The molecule has 0 bridgehead atoms. The van der Waals surface area contributed by atoms with Crippen LogP contribution in [-0.4, -0.2) is 9.97 Å². The second-order valence-corrected chi connectivity index (χ2v) is 3.72. The third-order valence-corrected chi connectivity index (χ3v) is 2.69. The van der Waals surface area contributed by atoms with E-state index in [1.807, 2.05) is 12.1 Å². The predicted molar refractivity (Wildman–Crippen MR) is 67.9 cm³/mol. The predicted octanol–water partition coefficient (Wildman–Crippen LogP) is 1.47. The molecule has 0 unspecified atom stereocenters. The van der Waals surface area contributed by atoms with E-state index in [1.54, 1.807) is 24.5 Å². The highest BCUT2D eigenvalue weighted by atomic mass is 16.4. The fourth-order valence-electron chi connectivity index (χ4n) is 1.92. The van der Waals surface area contributed by atoms with Crippen molar-refractivity contribution in [2.24, 2.45) is 5.84 Å². The topological polar surface area (TPSA) is 96.9 Å². The number of para-hydroxylation sites is 1. The second-order valence-electron chi connectivity index (χ2n) is 3.72. The van der Waals surface area contributed by atoms with Crippen LogP contribution in [0.15, 0.2) is 45.9 Å². The van der Waals surface area contributed by atoms with E-state index in [4.69, 9.17) is 10.3 Å². The molecule has 3 aromatic rings. The van der Waals surface area contributed by atoms with E-state index in [-0.39, 0.29) is 0 Å². The summed E-state index contributed by atoms with van der Waals surface area (Å²) in [5.41, 5.74) is 3.33. The van der Waals surface area contributed by atoms with Crippen molar-refractivity contribution in [1.29, 1.82) is 0 Å². The number of hydrogen-bond acceptors (Lipinski definition) is 5. The Morgan fingerprint density at radius 2 is 2.17 bits per heavy atom. The van der Waals surface area contributed by atoms with Crippen molar-refractivity contribution in [3.63, 3.8) is 0 Å². The number of nitrogens with zero attached hydrogens (tertiary/aromatic N) is 1. The number of anilines is 1. The number of aromatic amines is 1. The Morgan fingerprint density at radius 1 is 1.33 bits per heavy atom. The van der Waals surface area contributed by atoms with E-state index in [2.05, 4.69) is 15.4 Å². The molecule has 0 saturated heterocycles. The number of fused-ring (bicyclic) bond motifs is 1. The van der Waals surface area contributed by atoms with Crippen molar-refractivity contribution in [3.05, 3.63) is 47.1 Å². The number of nitrogens with one attached hydrogen (secondary N) is 2. The molecule has 4 N–H and O–H groups in total. The number of hydrogen-bond donors (Lipinski definition) is 3. The Balaban J connectivity index is 2.45. The smallest absolute Gasteiger partial charge is 0.349 e. The van der Waals surface area contributed by atoms with Crippen molar-refractivity contribution >= 4 is 16.7 Å². The summed E-state index contributed by atoms with van der Waals surface area (Å²) in [5, 5.41) is 0.728. The zero-order valence-electron chi connectivity index (χ0n) is 9.31. The monoisotopic (exact) mass is 242 g/mol. The number of imidazole rings is 1. The zero-order chi connectivity index (χ0) is 12.5. The van der Waals surface area contributed by atoms with Crippen molar-refractivity contribution in [2.75, 3.05) is 5.43 Å². The molecule has 2 heterocycles. The lowest BCUT2D eigenvalue weighted by atomic mass is 10.1. The molecule has 6 nitrogen and oxygen atoms in total. The van der Waals surface area contributed by atoms with Crippen LogP contribution in [-0.2, 0) is 0 Å². The summed E-state index contributed by atoms with van der Waals surface area (Å²) in [5.74, 6) is 5.94. The van der Waals surface area contributed by atoms with Crippen LogP contribution in [0.25, 0.3) is 22.4 Å². The molecule has 0 amide bonds. The molecule has 0 radical (unpaired) electrons. The van der Waals surface area contributed by atoms with Crippen LogP contribution in [0.1, 0.15) is 0 Å². The number of nitrogens with two attached hydrogens (primary N) is 1. The summed E-state index contributed by atoms with van der Waals surface area (Å²) in [6.45, 7) is 0. The van der Waals surface area contributed by atoms with E-state index in [0.717, 1.165) is 5.39 Å². The van der Waals surface area contributed by atoms with E-state index >= 15 is 0 Å². The Labute approximate surface area is 101 Å². The van der Waals surface area contributed by atoms with Gasteiger partial charge in [0.15, 0.2) is 0 Å². The van der Waals surface area contributed by atoms with Crippen LogP contribution in [0.5, 0.6) is 0 Å². The largest absolute Gasteiger partial charge is 0.422 e. The van der Waals surface area contributed by atoms with Gasteiger partial charge in [-0.1, -0.05) is 12.1 Å². The summed E-state index contributed by atoms with van der Waals surface area (Å²) in [4.78, 5) is 18.9. The van der Waals surface area contributed by atoms with Crippen LogP contribution in [0.3, 0.4) is 0 Å². The highest BCUT2D eigenvalue weighted by Crippen LogP contribution is 2.29. The highest BCUT2D eigenvalue weighted by molar-refractivity contribution is 5.96. The maximum Gasteiger partial charge on any atom is 0.349 e. The molecule has 18 heavy (non-hydrogen) atoms. The lowest BCUT2D eigenvalue weighted by Crippen LogP contribution is -2.14. The molecule has 3 rings (SSSR count). The van der Waals surface area contributed by atoms with Crippen LogP contribution < -0.4 is 16.9 Å². The molecule has 0 aliphatic rings. The Hall–Kier alpha value is -2.60. The lowest BCUT2D eigenvalue weighted by Gasteiger charge is -2.08. The summed E-state index contributed by atoms with van der Waals surface area (Å²) >= 11 is 0. The van der Waals surface area contributed by atoms with Gasteiger partial charge in [-0.05, 0) is 12.1 Å². The third-order valence-electron chi connectivity index (χ3n) is 2.69. The van der Waals surface area contributed by atoms with Crippen molar-refractivity contribution in [1.82, 2.24) is 9.97 Å². The molecule has 0 saturated carbocycles. The van der Waals surface area contributed by atoms with E-state index < -0.39 is 5.63 Å². The third kappa shape index (κ3) is 1.47. The Kier molecular flexibility index (Phi) is 2.35. The van der Waals surface area contributed by atoms with Gasteiger partial charge in [0.05, 0.1) is 5.69 Å². The molecule has 6 heteroatoms. The first-order chi connectivity index (χ1) is 8.81. The second kappa shape index (κ2) is 4.01. The van der Waals surface area contributed by atoms with Gasteiger partial charge < -0.3 is 14.8 Å². The van der Waals surface area contributed by atoms with Crippen LogP contribution >= 0.6 is 0 Å². The van der Waals surface area contributed by atoms with Gasteiger partial charge in [-0.25, -0.2) is 9.78 Å². The molecular formula is C12H10N4O2. The minimum atomic E-state index is -0.489. The van der Waals surface area contributed by atoms with Gasteiger partial charge in [0.1, 0.15) is 17.0 Å². The van der Waals surface area contributed by atoms with Gasteiger partial charge in [0.2, 0.25) is 0 Å². The first-order valence-corrected chi connectivity index (χ1v) is 5.33. The number of rotatable bonds is 2. The summed E-state index contributed by atoms with van der Waals surface area (Å²) in [7, 11) is 0. The van der Waals surface area contributed by atoms with Gasteiger partial charge in [-0.2, -0.15) is 0 Å². The van der Waals surface area contributed by atoms with E-state index in [1.165, 1.54) is 0 Å². The van der Waals surface area contributed by atoms with Crippen molar-refractivity contribution in [2.45, 2.75) is 0 Å². The normalized spacial score (nSPS) is 10.7. The van der Waals surface area contributed by atoms with Gasteiger partial charge in [-0.3, -0.25) is 5.84 Å². The Morgan fingerprint density at radius 3 is 2.89 bits per heavy atom. The minimum Gasteiger partial charge on any atom is -0.422 e. The molecule has 0 fully saturated rings. The Bertz CT molecular complexity index is 746. The van der Waals surface area contributed by atoms with Crippen molar-refractivity contribution < 1.29 is 4.42 Å². The first-order valence-electron chi connectivity index (χ1n) is 5.33. The van der Waals surface area contributed by atoms with Gasteiger partial charge in [0.25, 0.3) is 0 Å². The molecule has 0 aliphatic heterocycles. The van der Waals surface area contributed by atoms with Crippen molar-refractivity contribution in [3.8, 4) is 11.4 Å². The number of aromatic nitrogens is 2. The van der Waals surface area contributed by atoms with Gasteiger partial charge in [0, 0.05) is 17.8 Å². The van der Waals surface area contributed by atoms with Crippen LogP contribution in [0, 0.1) is 0 Å². The highest BCUT2D eigenvalue weighted by Gasteiger charge is 2.16. The zero-order valence-corrected chi connectivity index (χ0v) is 9.31. The maximum atomic E-state index is 12.0. The standard InChI is InChI=1S/C12H10N4O2/c13-16-10-7-3-1-2-4-8(7)18-12(17)9(10)11-14-5-6-15-11/h1-6,16H,13H2,(H,14,15). The fourth-order valence-corrected chi connectivity index (χ4v) is 1.92. The molecule has 90 valence electrons. The SMILES string of the molecule is NNc1c(-c2ncc[nH]2)c(=O)oc2ccccc12. The summed E-state index contributed by atoms with van der Waals surface area (Å²) in [6, 6.07) is 7.16. The maximum absolute atomic E-state index is 12.0.